The second-order valence-corrected chi connectivity index (χ2v) is 3.72. The lowest BCUT2D eigenvalue weighted by Gasteiger charge is -2.30. The zero-order valence-corrected chi connectivity index (χ0v) is 7.30. The second-order valence-electron chi connectivity index (χ2n) is 3.72. The van der Waals surface area contributed by atoms with Gasteiger partial charge in [0.15, 0.2) is 6.54 Å². The third kappa shape index (κ3) is 1.81. The lowest BCUT2D eigenvalue weighted by Crippen LogP contribution is -2.50. The van der Waals surface area contributed by atoms with Crippen molar-refractivity contribution >= 4 is 6.21 Å². The molecule has 0 spiro atoms. The van der Waals surface area contributed by atoms with Gasteiger partial charge < -0.3 is 0 Å². The summed E-state index contributed by atoms with van der Waals surface area (Å²) in [5.74, 6) is 0. The van der Waals surface area contributed by atoms with E-state index in [1.54, 1.807) is 0 Å². The summed E-state index contributed by atoms with van der Waals surface area (Å²) in [6.45, 7) is 5.87. The SMILES string of the molecule is CC=[N+]1CCC[N+](C)(C)C1. The van der Waals surface area contributed by atoms with E-state index >= 15 is 0 Å². The van der Waals surface area contributed by atoms with E-state index in [9.17, 15) is 0 Å². The van der Waals surface area contributed by atoms with Gasteiger partial charge in [-0.05, 0) is 0 Å². The molecule has 0 amide bonds. The van der Waals surface area contributed by atoms with Crippen LogP contribution in [0.2, 0.25) is 0 Å². The molecule has 0 aliphatic carbocycles. The van der Waals surface area contributed by atoms with Gasteiger partial charge in [-0.15, -0.1) is 0 Å². The molecule has 58 valence electrons. The molecule has 0 aromatic rings. The molecular formula is C8H18N2+2. The monoisotopic (exact) mass is 142 g/mol. The van der Waals surface area contributed by atoms with Crippen molar-refractivity contribution in [3.63, 3.8) is 0 Å². The van der Waals surface area contributed by atoms with Crippen LogP contribution >= 0.6 is 0 Å². The summed E-state index contributed by atoms with van der Waals surface area (Å²) in [5, 5.41) is 0. The summed E-state index contributed by atoms with van der Waals surface area (Å²) in [4.78, 5) is 0. The van der Waals surface area contributed by atoms with Gasteiger partial charge in [0.25, 0.3) is 6.67 Å². The van der Waals surface area contributed by atoms with Gasteiger partial charge in [0, 0.05) is 6.92 Å². The summed E-state index contributed by atoms with van der Waals surface area (Å²) in [6, 6.07) is 0. The predicted molar refractivity (Wildman–Crippen MR) is 43.3 cm³/mol. The van der Waals surface area contributed by atoms with Crippen LogP contribution in [0.1, 0.15) is 13.3 Å². The minimum absolute atomic E-state index is 1.14. The zero-order chi connectivity index (χ0) is 7.61. The van der Waals surface area contributed by atoms with Crippen molar-refractivity contribution in [3.05, 3.63) is 0 Å². The van der Waals surface area contributed by atoms with E-state index in [-0.39, 0.29) is 0 Å². The van der Waals surface area contributed by atoms with Crippen LogP contribution in [-0.4, -0.2) is 49.1 Å². The maximum atomic E-state index is 2.39. The van der Waals surface area contributed by atoms with Crippen molar-refractivity contribution in [1.82, 2.24) is 0 Å². The van der Waals surface area contributed by atoms with Crippen LogP contribution in [0.4, 0.5) is 0 Å². The number of nitrogens with zero attached hydrogens (tertiary/aromatic N) is 2. The highest BCUT2D eigenvalue weighted by Gasteiger charge is 2.26. The van der Waals surface area contributed by atoms with E-state index in [1.807, 2.05) is 0 Å². The number of quaternary nitrogens is 1. The van der Waals surface area contributed by atoms with Crippen molar-refractivity contribution in [1.29, 1.82) is 0 Å². The molecule has 2 nitrogen and oxygen atoms in total. The number of hydrogen-bond donors (Lipinski definition) is 0. The van der Waals surface area contributed by atoms with Gasteiger partial charge in [0.05, 0.1) is 27.1 Å². The molecule has 1 fully saturated rings. The molecule has 0 unspecified atom stereocenters. The first-order valence-corrected chi connectivity index (χ1v) is 3.99. The van der Waals surface area contributed by atoms with Crippen molar-refractivity contribution in [2.24, 2.45) is 0 Å². The molecular weight excluding hydrogens is 124 g/mol. The largest absolute Gasteiger partial charge is 0.273 e. The molecule has 1 heterocycles. The van der Waals surface area contributed by atoms with Gasteiger partial charge in [-0.1, -0.05) is 0 Å². The second kappa shape index (κ2) is 2.70. The minimum atomic E-state index is 1.14. The van der Waals surface area contributed by atoms with Crippen molar-refractivity contribution in [2.75, 3.05) is 33.9 Å². The van der Waals surface area contributed by atoms with E-state index in [0.717, 1.165) is 4.48 Å². The highest BCUT2D eigenvalue weighted by atomic mass is 15.4. The first-order chi connectivity index (χ1) is 4.64. The molecule has 0 aromatic heterocycles. The Morgan fingerprint density at radius 1 is 1.40 bits per heavy atom. The molecule has 1 saturated heterocycles. The lowest BCUT2D eigenvalue weighted by atomic mass is 10.3. The fourth-order valence-corrected chi connectivity index (χ4v) is 1.55. The Morgan fingerprint density at radius 2 is 2.10 bits per heavy atom. The van der Waals surface area contributed by atoms with E-state index in [0.29, 0.717) is 0 Å². The lowest BCUT2D eigenvalue weighted by molar-refractivity contribution is -0.979. The predicted octanol–water partition coefficient (Wildman–Crippen LogP) is 0.527. The Balaban J connectivity index is 2.56. The first-order valence-electron chi connectivity index (χ1n) is 3.99. The maximum Gasteiger partial charge on any atom is 0.270 e. The normalized spacial score (nSPS) is 28.9. The fraction of sp³-hybridized carbons (Fsp3) is 0.875. The first kappa shape index (κ1) is 7.73. The van der Waals surface area contributed by atoms with Crippen LogP contribution in [0, 0.1) is 0 Å². The molecule has 10 heavy (non-hydrogen) atoms. The number of hydrogen-bond acceptors (Lipinski definition) is 0. The highest BCUT2D eigenvalue weighted by Crippen LogP contribution is 2.05. The highest BCUT2D eigenvalue weighted by molar-refractivity contribution is 5.46. The standard InChI is InChI=1S/C8H18N2/c1-4-9-6-5-7-10(2,3)8-9/h4H,5-8H2,1-3H3/q+2. The molecule has 0 atom stereocenters. The van der Waals surface area contributed by atoms with Crippen LogP contribution in [0.3, 0.4) is 0 Å². The van der Waals surface area contributed by atoms with Gasteiger partial charge in [0.2, 0.25) is 0 Å². The summed E-state index contributed by atoms with van der Waals surface area (Å²) < 4.78 is 3.54. The molecule has 1 aliphatic heterocycles. The molecule has 1 rings (SSSR count). The summed E-state index contributed by atoms with van der Waals surface area (Å²) in [5.41, 5.74) is 0. The Labute approximate surface area is 63.4 Å². The Kier molecular flexibility index (Phi) is 2.09. The molecule has 0 aromatic carbocycles. The van der Waals surface area contributed by atoms with Gasteiger partial charge in [0.1, 0.15) is 6.21 Å². The minimum Gasteiger partial charge on any atom is -0.273 e. The van der Waals surface area contributed by atoms with Crippen molar-refractivity contribution in [3.8, 4) is 0 Å². The van der Waals surface area contributed by atoms with Crippen LogP contribution in [0.15, 0.2) is 0 Å². The third-order valence-electron chi connectivity index (χ3n) is 2.14. The summed E-state index contributed by atoms with van der Waals surface area (Å²) in [6.07, 6.45) is 3.52. The van der Waals surface area contributed by atoms with Crippen LogP contribution in [-0.2, 0) is 0 Å². The van der Waals surface area contributed by atoms with E-state index in [2.05, 4.69) is 31.8 Å². The average molecular weight is 142 g/mol. The summed E-state index contributed by atoms with van der Waals surface area (Å²) in [7, 11) is 4.57. The van der Waals surface area contributed by atoms with E-state index < -0.39 is 0 Å². The van der Waals surface area contributed by atoms with Gasteiger partial charge in [-0.3, -0.25) is 4.48 Å². The summed E-state index contributed by atoms with van der Waals surface area (Å²) >= 11 is 0. The molecule has 0 saturated carbocycles. The van der Waals surface area contributed by atoms with Crippen molar-refractivity contribution < 1.29 is 9.06 Å². The van der Waals surface area contributed by atoms with Gasteiger partial charge in [-0.2, -0.15) is 4.58 Å². The average Bonchev–Trinajstić information content (AvgIpc) is 1.86. The molecule has 0 radical (unpaired) electrons. The Hall–Kier alpha value is -0.370. The molecule has 0 bridgehead atoms. The Morgan fingerprint density at radius 3 is 2.50 bits per heavy atom. The van der Waals surface area contributed by atoms with Gasteiger partial charge in [-0.25, -0.2) is 0 Å². The van der Waals surface area contributed by atoms with Crippen LogP contribution in [0.5, 0.6) is 0 Å². The fourth-order valence-electron chi connectivity index (χ4n) is 1.55. The quantitative estimate of drug-likeness (QED) is 0.343. The van der Waals surface area contributed by atoms with Crippen molar-refractivity contribution in [2.45, 2.75) is 13.3 Å². The van der Waals surface area contributed by atoms with Crippen LogP contribution in [0.25, 0.3) is 0 Å². The third-order valence-corrected chi connectivity index (χ3v) is 2.14. The molecule has 0 N–H and O–H groups in total. The zero-order valence-electron chi connectivity index (χ0n) is 7.30. The molecule has 2 heteroatoms. The van der Waals surface area contributed by atoms with E-state index in [4.69, 9.17) is 0 Å². The van der Waals surface area contributed by atoms with E-state index in [1.165, 1.54) is 26.2 Å². The number of rotatable bonds is 0. The van der Waals surface area contributed by atoms with Gasteiger partial charge >= 0.3 is 0 Å². The van der Waals surface area contributed by atoms with Crippen LogP contribution < -0.4 is 0 Å². The Bertz CT molecular complexity index is 147. The molecule has 1 aliphatic rings. The maximum absolute atomic E-state index is 2.39. The smallest absolute Gasteiger partial charge is 0.270 e. The topological polar surface area (TPSA) is 3.01 Å².